The second kappa shape index (κ2) is 8.35. The number of carbonyl (C=O) groups is 1. The van der Waals surface area contributed by atoms with Crippen molar-refractivity contribution in [3.8, 4) is 11.3 Å². The van der Waals surface area contributed by atoms with Gasteiger partial charge in [0.2, 0.25) is 0 Å². The molecule has 0 saturated heterocycles. The first kappa shape index (κ1) is 19.8. The molecule has 28 heavy (non-hydrogen) atoms. The summed E-state index contributed by atoms with van der Waals surface area (Å²) in [4.78, 5) is 39.0. The smallest absolute Gasteiger partial charge is 0.273 e. The number of rotatable bonds is 8. The lowest BCUT2D eigenvalue weighted by molar-refractivity contribution is 0.0936. The van der Waals surface area contributed by atoms with Crippen molar-refractivity contribution in [2.75, 3.05) is 19.6 Å². The topological polar surface area (TPSA) is 111 Å². The number of hydrogen-bond acceptors (Lipinski definition) is 5. The highest BCUT2D eigenvalue weighted by atomic mass is 16.1. The molecule has 8 nitrogen and oxygen atoms in total. The van der Waals surface area contributed by atoms with Crippen LogP contribution in [0.15, 0.2) is 23.4 Å². The SMILES string of the molecule is CCN(CC)CC(=O)c1c(C)[nH]c(Cc2nccnc2-c2c[nH][nH]c2=O)c1C. The van der Waals surface area contributed by atoms with Crippen LogP contribution in [0.3, 0.4) is 0 Å². The molecule has 0 fully saturated rings. The molecule has 0 radical (unpaired) electrons. The van der Waals surface area contributed by atoms with Crippen LogP contribution < -0.4 is 5.56 Å². The summed E-state index contributed by atoms with van der Waals surface area (Å²) in [6.07, 6.45) is 5.22. The van der Waals surface area contributed by atoms with Gasteiger partial charge in [-0.2, -0.15) is 0 Å². The minimum Gasteiger partial charge on any atom is -0.361 e. The normalized spacial score (nSPS) is 11.3. The van der Waals surface area contributed by atoms with Crippen LogP contribution in [0.4, 0.5) is 0 Å². The van der Waals surface area contributed by atoms with E-state index in [1.54, 1.807) is 18.6 Å². The number of aromatic amines is 3. The Labute approximate surface area is 163 Å². The minimum atomic E-state index is -0.240. The first-order valence-corrected chi connectivity index (χ1v) is 9.46. The van der Waals surface area contributed by atoms with Gasteiger partial charge in [0.15, 0.2) is 5.78 Å². The van der Waals surface area contributed by atoms with Crippen molar-refractivity contribution >= 4 is 5.78 Å². The number of nitrogens with zero attached hydrogens (tertiary/aromatic N) is 3. The van der Waals surface area contributed by atoms with Crippen LogP contribution in [0.1, 0.15) is 46.9 Å². The maximum Gasteiger partial charge on any atom is 0.273 e. The van der Waals surface area contributed by atoms with Crippen molar-refractivity contribution in [1.29, 1.82) is 0 Å². The third kappa shape index (κ3) is 3.82. The van der Waals surface area contributed by atoms with Gasteiger partial charge in [-0.05, 0) is 32.5 Å². The summed E-state index contributed by atoms with van der Waals surface area (Å²) in [7, 11) is 0. The molecule has 0 atom stereocenters. The number of aryl methyl sites for hydroxylation is 1. The van der Waals surface area contributed by atoms with Crippen LogP contribution in [-0.4, -0.2) is 55.5 Å². The molecule has 0 aliphatic heterocycles. The molecule has 3 aromatic heterocycles. The summed E-state index contributed by atoms with van der Waals surface area (Å²) in [5.41, 5.74) is 4.86. The van der Waals surface area contributed by atoms with Crippen molar-refractivity contribution in [3.05, 3.63) is 57.2 Å². The van der Waals surface area contributed by atoms with Gasteiger partial charge < -0.3 is 10.1 Å². The number of likely N-dealkylation sites (N-methyl/N-ethyl adjacent to an activating group) is 1. The number of Topliss-reactive ketones (excluding diaryl/α,β-unsaturated/α-hetero) is 1. The monoisotopic (exact) mass is 382 g/mol. The van der Waals surface area contributed by atoms with Gasteiger partial charge in [0.25, 0.3) is 5.56 Å². The van der Waals surface area contributed by atoms with Gasteiger partial charge in [-0.1, -0.05) is 13.8 Å². The average Bonchev–Trinajstić information content (AvgIpc) is 3.23. The zero-order valence-corrected chi connectivity index (χ0v) is 16.7. The number of carbonyl (C=O) groups excluding carboxylic acids is 1. The summed E-state index contributed by atoms with van der Waals surface area (Å²) < 4.78 is 0. The molecule has 3 N–H and O–H groups in total. The molecule has 0 aromatic carbocycles. The van der Waals surface area contributed by atoms with E-state index in [-0.39, 0.29) is 11.3 Å². The maximum atomic E-state index is 12.8. The predicted molar refractivity (Wildman–Crippen MR) is 108 cm³/mol. The molecule has 3 aromatic rings. The van der Waals surface area contributed by atoms with Crippen LogP contribution in [0.25, 0.3) is 11.3 Å². The number of aromatic nitrogens is 5. The summed E-state index contributed by atoms with van der Waals surface area (Å²) in [6, 6.07) is 0. The Bertz CT molecular complexity index is 1030. The lowest BCUT2D eigenvalue weighted by Gasteiger charge is -2.17. The molecule has 0 amide bonds. The molecule has 0 aliphatic carbocycles. The lowest BCUT2D eigenvalue weighted by atomic mass is 10.0. The van der Waals surface area contributed by atoms with E-state index in [0.29, 0.717) is 29.9 Å². The van der Waals surface area contributed by atoms with Gasteiger partial charge in [0.1, 0.15) is 0 Å². The van der Waals surface area contributed by atoms with E-state index in [2.05, 4.69) is 43.9 Å². The van der Waals surface area contributed by atoms with E-state index < -0.39 is 0 Å². The molecule has 0 aliphatic rings. The predicted octanol–water partition coefficient (Wildman–Crippen LogP) is 2.22. The fourth-order valence-corrected chi connectivity index (χ4v) is 3.51. The Morgan fingerprint density at radius 1 is 1.14 bits per heavy atom. The molecule has 0 saturated carbocycles. The van der Waals surface area contributed by atoms with E-state index in [1.165, 1.54) is 0 Å². The molecule has 0 unspecified atom stereocenters. The first-order chi connectivity index (χ1) is 13.5. The Hall–Kier alpha value is -3.00. The molecule has 148 valence electrons. The summed E-state index contributed by atoms with van der Waals surface area (Å²) in [6.45, 7) is 10.1. The molecular weight excluding hydrogens is 356 g/mol. The fourth-order valence-electron chi connectivity index (χ4n) is 3.51. The van der Waals surface area contributed by atoms with E-state index >= 15 is 0 Å². The molecular formula is C20H26N6O2. The molecule has 3 rings (SSSR count). The van der Waals surface area contributed by atoms with Crippen molar-refractivity contribution in [3.63, 3.8) is 0 Å². The largest absolute Gasteiger partial charge is 0.361 e. The highest BCUT2D eigenvalue weighted by Gasteiger charge is 2.21. The van der Waals surface area contributed by atoms with Gasteiger partial charge in [0.05, 0.1) is 23.5 Å². The van der Waals surface area contributed by atoms with Gasteiger partial charge in [-0.3, -0.25) is 29.6 Å². The Morgan fingerprint density at radius 3 is 2.50 bits per heavy atom. The van der Waals surface area contributed by atoms with Gasteiger partial charge >= 0.3 is 0 Å². The minimum absolute atomic E-state index is 0.114. The molecule has 3 heterocycles. The van der Waals surface area contributed by atoms with E-state index in [9.17, 15) is 9.59 Å². The Kier molecular flexibility index (Phi) is 5.89. The third-order valence-corrected chi connectivity index (χ3v) is 5.10. The standard InChI is InChI=1S/C20H26N6O2/c1-5-26(6-2)11-17(27)18-12(3)15(24-13(18)4)9-16-19(22-8-7-21-16)14-10-23-25-20(14)28/h7-8,10,24H,5-6,9,11H2,1-4H3,(H2,23,25,28). The van der Waals surface area contributed by atoms with Crippen molar-refractivity contribution in [2.24, 2.45) is 0 Å². The van der Waals surface area contributed by atoms with Crippen molar-refractivity contribution in [2.45, 2.75) is 34.1 Å². The van der Waals surface area contributed by atoms with E-state index in [1.807, 2.05) is 13.8 Å². The average molecular weight is 382 g/mol. The first-order valence-electron chi connectivity index (χ1n) is 9.46. The van der Waals surface area contributed by atoms with Gasteiger partial charge in [0, 0.05) is 42.0 Å². The summed E-state index contributed by atoms with van der Waals surface area (Å²) in [5, 5.41) is 5.22. The number of H-pyrrole nitrogens is 3. The summed E-state index contributed by atoms with van der Waals surface area (Å²) >= 11 is 0. The number of nitrogens with one attached hydrogen (secondary N) is 3. The second-order valence-corrected chi connectivity index (χ2v) is 6.80. The lowest BCUT2D eigenvalue weighted by Crippen LogP contribution is -2.29. The quantitative estimate of drug-likeness (QED) is 0.517. The Balaban J connectivity index is 1.93. The van der Waals surface area contributed by atoms with Crippen LogP contribution in [0.5, 0.6) is 0 Å². The zero-order valence-electron chi connectivity index (χ0n) is 16.7. The molecule has 0 spiro atoms. The van der Waals surface area contributed by atoms with Crippen LogP contribution in [-0.2, 0) is 6.42 Å². The highest BCUT2D eigenvalue weighted by Crippen LogP contribution is 2.24. The maximum absolute atomic E-state index is 12.8. The zero-order chi connectivity index (χ0) is 20.3. The molecule has 8 heteroatoms. The Morgan fingerprint density at radius 2 is 1.86 bits per heavy atom. The third-order valence-electron chi connectivity index (χ3n) is 5.10. The second-order valence-electron chi connectivity index (χ2n) is 6.80. The van der Waals surface area contributed by atoms with Gasteiger partial charge in [-0.25, -0.2) is 0 Å². The van der Waals surface area contributed by atoms with E-state index in [0.717, 1.165) is 35.6 Å². The number of ketones is 1. The van der Waals surface area contributed by atoms with Crippen LogP contribution in [0.2, 0.25) is 0 Å². The summed E-state index contributed by atoms with van der Waals surface area (Å²) in [5.74, 6) is 0.114. The van der Waals surface area contributed by atoms with Gasteiger partial charge in [-0.15, -0.1) is 0 Å². The van der Waals surface area contributed by atoms with Crippen LogP contribution in [0, 0.1) is 13.8 Å². The molecule has 0 bridgehead atoms. The highest BCUT2D eigenvalue weighted by molar-refractivity contribution is 6.00. The van der Waals surface area contributed by atoms with E-state index in [4.69, 9.17) is 0 Å². The number of hydrogen-bond donors (Lipinski definition) is 3. The van der Waals surface area contributed by atoms with Crippen molar-refractivity contribution < 1.29 is 4.79 Å². The fraction of sp³-hybridized carbons (Fsp3) is 0.400. The van der Waals surface area contributed by atoms with Crippen LogP contribution >= 0.6 is 0 Å². The van der Waals surface area contributed by atoms with Crippen molar-refractivity contribution in [1.82, 2.24) is 30.0 Å².